The average Bonchev–Trinajstić information content (AvgIpc) is 3.19. The Morgan fingerprint density at radius 3 is 2.12 bits per heavy atom. The van der Waals surface area contributed by atoms with Gasteiger partial charge in [0.2, 0.25) is 0 Å². The fraction of sp³-hybridized carbons (Fsp3) is 0.440. The molecule has 0 saturated carbocycles. The third-order valence-corrected chi connectivity index (χ3v) is 6.32. The molecule has 7 nitrogen and oxygen atoms in total. The summed E-state index contributed by atoms with van der Waals surface area (Å²) >= 11 is 0. The molecular weight excluding hydrogens is 410 g/mol. The van der Waals surface area contributed by atoms with Gasteiger partial charge in [0.1, 0.15) is 6.10 Å². The van der Waals surface area contributed by atoms with Gasteiger partial charge in [-0.2, -0.15) is 0 Å². The minimum absolute atomic E-state index is 0.0209. The van der Waals surface area contributed by atoms with E-state index in [0.29, 0.717) is 17.7 Å². The Hall–Kier alpha value is -2.74. The Labute approximate surface area is 187 Å². The summed E-state index contributed by atoms with van der Waals surface area (Å²) in [5.41, 5.74) is 0.896. The average molecular weight is 437 g/mol. The van der Waals surface area contributed by atoms with Crippen molar-refractivity contribution in [2.24, 2.45) is 0 Å². The monoisotopic (exact) mass is 437 g/mol. The van der Waals surface area contributed by atoms with Crippen LogP contribution in [0.3, 0.4) is 0 Å². The molecule has 0 bridgehead atoms. The number of hydrogen-bond donors (Lipinski definition) is 0. The largest absolute Gasteiger partial charge is 0.453 e. The first-order valence-electron chi connectivity index (χ1n) is 11.0. The summed E-state index contributed by atoms with van der Waals surface area (Å²) in [7, 11) is 0. The van der Waals surface area contributed by atoms with E-state index in [0.717, 1.165) is 13.0 Å². The topological polar surface area (TPSA) is 74.3 Å². The van der Waals surface area contributed by atoms with Crippen LogP contribution in [-0.2, 0) is 18.9 Å². The number of carbonyl (C=O) groups excluding carboxylic acids is 2. The molecule has 0 unspecified atom stereocenters. The molecule has 0 amide bonds. The highest BCUT2D eigenvalue weighted by Gasteiger charge is 2.58. The molecule has 2 aromatic carbocycles. The molecular formula is C25H27NO6. The fourth-order valence-electron chi connectivity index (χ4n) is 5.00. The van der Waals surface area contributed by atoms with Gasteiger partial charge < -0.3 is 18.9 Å². The van der Waals surface area contributed by atoms with Gasteiger partial charge in [-0.15, -0.1) is 0 Å². The summed E-state index contributed by atoms with van der Waals surface area (Å²) in [6.45, 7) is 4.99. The van der Waals surface area contributed by atoms with E-state index in [1.54, 1.807) is 48.5 Å². The van der Waals surface area contributed by atoms with E-state index in [-0.39, 0.29) is 12.1 Å². The lowest BCUT2D eigenvalue weighted by Crippen LogP contribution is -2.68. The second-order valence-corrected chi connectivity index (χ2v) is 8.96. The normalized spacial score (nSPS) is 30.9. The zero-order valence-corrected chi connectivity index (χ0v) is 18.2. The molecule has 0 aromatic heterocycles. The third kappa shape index (κ3) is 4.03. The molecule has 3 saturated heterocycles. The van der Waals surface area contributed by atoms with Crippen LogP contribution in [0.15, 0.2) is 60.7 Å². The first-order chi connectivity index (χ1) is 15.4. The standard InChI is InChI=1S/C25H27NO6/c1-25(2)31-18-13-14-26-15-19(29-23(27)16-9-5-3-6-10-16)21(22(32-25)20(18)26)30-24(28)17-11-7-4-8-12-17/h3-12,18-22H,13-15H2,1-2H3/t18-,19-,20+,21+,22+/m0/s1. The SMILES string of the molecule is CC1(C)O[C@H]2[C@H](OC(=O)c3ccccc3)[C@@H](OC(=O)c3ccccc3)CN3CC[C@H](O1)[C@H]23. The van der Waals surface area contributed by atoms with Crippen molar-refractivity contribution in [3.63, 3.8) is 0 Å². The molecule has 32 heavy (non-hydrogen) atoms. The number of carbonyl (C=O) groups is 2. The zero-order valence-electron chi connectivity index (χ0n) is 18.2. The van der Waals surface area contributed by atoms with Gasteiger partial charge in [-0.3, -0.25) is 4.90 Å². The van der Waals surface area contributed by atoms with Crippen molar-refractivity contribution in [3.05, 3.63) is 71.8 Å². The summed E-state index contributed by atoms with van der Waals surface area (Å²) in [6.07, 6.45) is -1.05. The Kier molecular flexibility index (Phi) is 5.49. The van der Waals surface area contributed by atoms with Crippen molar-refractivity contribution >= 4 is 11.9 Å². The highest BCUT2D eigenvalue weighted by molar-refractivity contribution is 5.90. The van der Waals surface area contributed by atoms with Crippen LogP contribution in [0, 0.1) is 0 Å². The molecule has 3 aliphatic rings. The van der Waals surface area contributed by atoms with Crippen LogP contribution in [0.2, 0.25) is 0 Å². The van der Waals surface area contributed by atoms with Crippen LogP contribution >= 0.6 is 0 Å². The van der Waals surface area contributed by atoms with E-state index < -0.39 is 36.0 Å². The molecule has 168 valence electrons. The van der Waals surface area contributed by atoms with E-state index in [1.165, 1.54) is 0 Å². The van der Waals surface area contributed by atoms with Crippen molar-refractivity contribution < 1.29 is 28.5 Å². The van der Waals surface area contributed by atoms with Crippen molar-refractivity contribution in [2.45, 2.75) is 56.5 Å². The molecule has 3 aliphatic heterocycles. The Morgan fingerprint density at radius 1 is 0.906 bits per heavy atom. The minimum Gasteiger partial charge on any atom is -0.453 e. The second kappa shape index (κ2) is 8.31. The van der Waals surface area contributed by atoms with Gasteiger partial charge >= 0.3 is 11.9 Å². The summed E-state index contributed by atoms with van der Waals surface area (Å²) < 4.78 is 24.3. The van der Waals surface area contributed by atoms with Crippen molar-refractivity contribution in [1.29, 1.82) is 0 Å². The number of piperidine rings is 1. The molecule has 2 aromatic rings. The maximum atomic E-state index is 13.0. The van der Waals surface area contributed by atoms with Crippen LogP contribution in [0.1, 0.15) is 41.0 Å². The summed E-state index contributed by atoms with van der Waals surface area (Å²) in [4.78, 5) is 28.0. The van der Waals surface area contributed by atoms with Crippen LogP contribution < -0.4 is 0 Å². The maximum Gasteiger partial charge on any atom is 0.338 e. The van der Waals surface area contributed by atoms with Crippen molar-refractivity contribution in [3.8, 4) is 0 Å². The molecule has 5 rings (SSSR count). The highest BCUT2D eigenvalue weighted by Crippen LogP contribution is 2.41. The molecule has 3 heterocycles. The Morgan fingerprint density at radius 2 is 1.50 bits per heavy atom. The minimum atomic E-state index is -0.829. The number of rotatable bonds is 4. The molecule has 3 fully saturated rings. The summed E-state index contributed by atoms with van der Waals surface area (Å²) in [5.74, 6) is -1.74. The smallest absolute Gasteiger partial charge is 0.338 e. The van der Waals surface area contributed by atoms with Gasteiger partial charge in [-0.05, 0) is 44.5 Å². The predicted octanol–water partition coefficient (Wildman–Crippen LogP) is 3.05. The van der Waals surface area contributed by atoms with E-state index in [4.69, 9.17) is 18.9 Å². The molecule has 0 aliphatic carbocycles. The number of benzene rings is 2. The third-order valence-electron chi connectivity index (χ3n) is 6.32. The van der Waals surface area contributed by atoms with E-state index >= 15 is 0 Å². The van der Waals surface area contributed by atoms with E-state index in [1.807, 2.05) is 26.0 Å². The number of hydrogen-bond acceptors (Lipinski definition) is 7. The van der Waals surface area contributed by atoms with Crippen molar-refractivity contribution in [2.75, 3.05) is 13.1 Å². The fourth-order valence-corrected chi connectivity index (χ4v) is 5.00. The lowest BCUT2D eigenvalue weighted by molar-refractivity contribution is -0.337. The summed E-state index contributed by atoms with van der Waals surface area (Å²) in [6, 6.07) is 17.6. The molecule has 0 spiro atoms. The first-order valence-corrected chi connectivity index (χ1v) is 11.0. The molecule has 7 heteroatoms. The van der Waals surface area contributed by atoms with Crippen LogP contribution in [0.5, 0.6) is 0 Å². The van der Waals surface area contributed by atoms with Gasteiger partial charge in [0, 0.05) is 13.1 Å². The summed E-state index contributed by atoms with van der Waals surface area (Å²) in [5, 5.41) is 0. The Bertz CT molecular complexity index is 978. The Balaban J connectivity index is 1.45. The molecule has 0 N–H and O–H groups in total. The van der Waals surface area contributed by atoms with Crippen molar-refractivity contribution in [1.82, 2.24) is 4.90 Å². The number of nitrogens with zero attached hydrogens (tertiary/aromatic N) is 1. The van der Waals surface area contributed by atoms with Gasteiger partial charge in [-0.25, -0.2) is 9.59 Å². The maximum absolute atomic E-state index is 13.0. The van der Waals surface area contributed by atoms with Crippen LogP contribution in [0.4, 0.5) is 0 Å². The molecule has 0 radical (unpaired) electrons. The van der Waals surface area contributed by atoms with Gasteiger partial charge in [0.25, 0.3) is 0 Å². The number of ether oxygens (including phenoxy) is 4. The second-order valence-electron chi connectivity index (χ2n) is 8.96. The first kappa shape index (κ1) is 21.1. The lowest BCUT2D eigenvalue weighted by atomic mass is 9.90. The zero-order chi connectivity index (χ0) is 22.3. The van der Waals surface area contributed by atoms with Crippen LogP contribution in [0.25, 0.3) is 0 Å². The van der Waals surface area contributed by atoms with Gasteiger partial charge in [0.15, 0.2) is 18.0 Å². The van der Waals surface area contributed by atoms with Gasteiger partial charge in [-0.1, -0.05) is 36.4 Å². The lowest BCUT2D eigenvalue weighted by Gasteiger charge is -2.52. The van der Waals surface area contributed by atoms with E-state index in [9.17, 15) is 9.59 Å². The quantitative estimate of drug-likeness (QED) is 0.681. The number of esters is 2. The predicted molar refractivity (Wildman–Crippen MR) is 115 cm³/mol. The highest BCUT2D eigenvalue weighted by atomic mass is 16.7. The van der Waals surface area contributed by atoms with E-state index in [2.05, 4.69) is 4.90 Å². The molecule has 5 atom stereocenters. The van der Waals surface area contributed by atoms with Gasteiger partial charge in [0.05, 0.1) is 23.3 Å². The van der Waals surface area contributed by atoms with Crippen LogP contribution in [-0.4, -0.2) is 66.2 Å².